The van der Waals surface area contributed by atoms with Crippen molar-refractivity contribution in [2.75, 3.05) is 13.2 Å². The van der Waals surface area contributed by atoms with Crippen LogP contribution in [0.1, 0.15) is 73.8 Å². The van der Waals surface area contributed by atoms with Gasteiger partial charge in [0.25, 0.3) is 0 Å². The monoisotopic (exact) mass is 464 g/mol. The molecule has 0 amide bonds. The lowest BCUT2D eigenvalue weighted by Gasteiger charge is -2.35. The Labute approximate surface area is 201 Å². The lowest BCUT2D eigenvalue weighted by molar-refractivity contribution is -0.197. The predicted molar refractivity (Wildman–Crippen MR) is 131 cm³/mol. The molecule has 180 valence electrons. The molecule has 34 heavy (non-hydrogen) atoms. The summed E-state index contributed by atoms with van der Waals surface area (Å²) in [5.41, 5.74) is 4.76. The molecular weight excluding hydrogens is 430 g/mol. The van der Waals surface area contributed by atoms with Gasteiger partial charge in [0.05, 0.1) is 13.2 Å². The topological polar surface area (TPSA) is 18.5 Å². The molecule has 0 bridgehead atoms. The number of allylic oxidation sites excluding steroid dienone is 2. The molecule has 2 aliphatic carbocycles. The third-order valence-electron chi connectivity index (χ3n) is 8.12. The summed E-state index contributed by atoms with van der Waals surface area (Å²) in [5.74, 6) is 0.626. The number of benzene rings is 2. The van der Waals surface area contributed by atoms with Crippen molar-refractivity contribution in [3.63, 3.8) is 0 Å². The summed E-state index contributed by atoms with van der Waals surface area (Å²) in [7, 11) is 0. The van der Waals surface area contributed by atoms with Gasteiger partial charge < -0.3 is 9.47 Å². The molecule has 1 aliphatic heterocycles. The summed E-state index contributed by atoms with van der Waals surface area (Å²) >= 11 is 0. The van der Waals surface area contributed by atoms with Crippen molar-refractivity contribution in [3.8, 4) is 0 Å². The highest BCUT2D eigenvalue weighted by Gasteiger charge is 2.30. The Hall–Kier alpha value is -2.30. The highest BCUT2D eigenvalue weighted by atomic mass is 19.2. The molecular formula is C30H34F2O2. The van der Waals surface area contributed by atoms with Crippen LogP contribution in [-0.4, -0.2) is 13.2 Å². The first kappa shape index (κ1) is 23.4. The molecule has 0 radical (unpaired) electrons. The van der Waals surface area contributed by atoms with Gasteiger partial charge in [0.1, 0.15) is 0 Å². The van der Waals surface area contributed by atoms with E-state index in [0.29, 0.717) is 19.1 Å². The Kier molecular flexibility index (Phi) is 7.26. The molecule has 0 spiro atoms. The van der Waals surface area contributed by atoms with Crippen molar-refractivity contribution < 1.29 is 18.3 Å². The van der Waals surface area contributed by atoms with Crippen LogP contribution in [-0.2, 0) is 9.47 Å². The maximum atomic E-state index is 13.6. The van der Waals surface area contributed by atoms with Crippen LogP contribution in [0.2, 0.25) is 0 Å². The zero-order valence-electron chi connectivity index (χ0n) is 19.7. The van der Waals surface area contributed by atoms with Crippen molar-refractivity contribution in [1.29, 1.82) is 0 Å². The molecule has 2 nitrogen and oxygen atoms in total. The zero-order chi connectivity index (χ0) is 23.5. The predicted octanol–water partition coefficient (Wildman–Crippen LogP) is 7.97. The second kappa shape index (κ2) is 10.5. The Morgan fingerprint density at radius 3 is 2.12 bits per heavy atom. The minimum absolute atomic E-state index is 0.275. The maximum Gasteiger partial charge on any atom is 0.183 e. The Morgan fingerprint density at radius 1 is 0.794 bits per heavy atom. The van der Waals surface area contributed by atoms with E-state index in [1.165, 1.54) is 42.5 Å². The summed E-state index contributed by atoms with van der Waals surface area (Å²) in [6.45, 7) is 5.13. The quantitative estimate of drug-likeness (QED) is 0.418. The highest BCUT2D eigenvalue weighted by molar-refractivity contribution is 5.66. The fraction of sp³-hybridized carbons (Fsp3) is 0.467. The van der Waals surface area contributed by atoms with E-state index in [2.05, 4.69) is 36.9 Å². The lowest BCUT2D eigenvalue weighted by atomic mass is 9.70. The fourth-order valence-electron chi connectivity index (χ4n) is 5.94. The first-order valence-electron chi connectivity index (χ1n) is 12.7. The number of ether oxygens (including phenoxy) is 2. The van der Waals surface area contributed by atoms with Gasteiger partial charge in [-0.25, -0.2) is 8.78 Å². The molecule has 1 saturated carbocycles. The number of hydrogen-bond acceptors (Lipinski definition) is 2. The van der Waals surface area contributed by atoms with Gasteiger partial charge in [-0.3, -0.25) is 0 Å². The van der Waals surface area contributed by atoms with Gasteiger partial charge in [-0.1, -0.05) is 42.5 Å². The summed E-state index contributed by atoms with van der Waals surface area (Å²) < 4.78 is 38.6. The van der Waals surface area contributed by atoms with E-state index in [1.807, 2.05) is 6.08 Å². The second-order valence-electron chi connectivity index (χ2n) is 10.2. The van der Waals surface area contributed by atoms with E-state index in [4.69, 9.17) is 9.47 Å². The Bertz CT molecular complexity index is 1010. The van der Waals surface area contributed by atoms with Crippen LogP contribution in [0.15, 0.2) is 61.2 Å². The Morgan fingerprint density at radius 2 is 1.50 bits per heavy atom. The first-order chi connectivity index (χ1) is 16.6. The van der Waals surface area contributed by atoms with Gasteiger partial charge in [-0.05, 0) is 91.5 Å². The average Bonchev–Trinajstić information content (AvgIpc) is 2.91. The molecule has 1 atom stereocenters. The number of rotatable bonds is 5. The molecule has 5 rings (SSSR count). The Balaban J connectivity index is 1.13. The van der Waals surface area contributed by atoms with Crippen molar-refractivity contribution in [1.82, 2.24) is 0 Å². The summed E-state index contributed by atoms with van der Waals surface area (Å²) in [6.07, 6.45) is 12.0. The summed E-state index contributed by atoms with van der Waals surface area (Å²) in [4.78, 5) is 0. The molecule has 0 N–H and O–H groups in total. The first-order valence-corrected chi connectivity index (χ1v) is 12.7. The van der Waals surface area contributed by atoms with E-state index in [1.54, 1.807) is 6.07 Å². The van der Waals surface area contributed by atoms with E-state index in [-0.39, 0.29) is 12.2 Å². The van der Waals surface area contributed by atoms with Crippen molar-refractivity contribution in [2.24, 2.45) is 17.8 Å². The molecule has 1 saturated heterocycles. The van der Waals surface area contributed by atoms with Gasteiger partial charge >= 0.3 is 0 Å². The van der Waals surface area contributed by atoms with Crippen LogP contribution in [0.5, 0.6) is 0 Å². The smallest absolute Gasteiger partial charge is 0.183 e. The normalized spacial score (nSPS) is 29.9. The summed E-state index contributed by atoms with van der Waals surface area (Å²) in [5, 5.41) is 0. The molecule has 1 heterocycles. The molecule has 3 aliphatic rings. The molecule has 2 aromatic carbocycles. The van der Waals surface area contributed by atoms with Gasteiger partial charge in [0.2, 0.25) is 0 Å². The van der Waals surface area contributed by atoms with E-state index < -0.39 is 11.6 Å². The lowest BCUT2D eigenvalue weighted by Crippen LogP contribution is -2.25. The summed E-state index contributed by atoms with van der Waals surface area (Å²) in [6, 6.07) is 13.1. The SMILES string of the molecule is C=CC1COC(c2ccc(C3=CCC(C4CCC(c5ccc(F)c(F)c5)CC4)CC3)cc2)OC1. The average molecular weight is 465 g/mol. The number of halogens is 2. The third-order valence-corrected chi connectivity index (χ3v) is 8.12. The van der Waals surface area contributed by atoms with Gasteiger partial charge in [-0.2, -0.15) is 0 Å². The zero-order valence-corrected chi connectivity index (χ0v) is 19.7. The molecule has 4 heteroatoms. The third kappa shape index (κ3) is 5.18. The molecule has 0 aromatic heterocycles. The van der Waals surface area contributed by atoms with Crippen molar-refractivity contribution >= 4 is 5.57 Å². The van der Waals surface area contributed by atoms with Crippen molar-refractivity contribution in [3.05, 3.63) is 89.5 Å². The van der Waals surface area contributed by atoms with Crippen LogP contribution in [0, 0.1) is 29.4 Å². The fourth-order valence-corrected chi connectivity index (χ4v) is 5.94. The second-order valence-corrected chi connectivity index (χ2v) is 10.2. The van der Waals surface area contributed by atoms with Crippen LogP contribution < -0.4 is 0 Å². The van der Waals surface area contributed by atoms with Crippen LogP contribution in [0.3, 0.4) is 0 Å². The molecule has 1 unspecified atom stereocenters. The van der Waals surface area contributed by atoms with Crippen LogP contribution in [0.25, 0.3) is 5.57 Å². The number of hydrogen-bond donors (Lipinski definition) is 0. The van der Waals surface area contributed by atoms with E-state index in [0.717, 1.165) is 48.6 Å². The molecule has 2 fully saturated rings. The van der Waals surface area contributed by atoms with Crippen LogP contribution >= 0.6 is 0 Å². The highest BCUT2D eigenvalue weighted by Crippen LogP contribution is 2.44. The minimum Gasteiger partial charge on any atom is -0.348 e. The standard InChI is InChI=1S/C30H34F2O2/c1-2-20-18-33-30(34-19-20)26-13-11-24(12-14-26)22-5-3-21(4-6-22)23-7-9-25(10-8-23)27-15-16-28(31)29(32)17-27/h2,5,11-17,20-21,23,25,30H,1,3-4,6-10,18-19H2. The van der Waals surface area contributed by atoms with E-state index in [9.17, 15) is 8.78 Å². The van der Waals surface area contributed by atoms with E-state index >= 15 is 0 Å². The van der Waals surface area contributed by atoms with Gasteiger partial charge in [0.15, 0.2) is 17.9 Å². The minimum atomic E-state index is -0.755. The van der Waals surface area contributed by atoms with Gasteiger partial charge in [0, 0.05) is 11.5 Å². The maximum absolute atomic E-state index is 13.6. The molecule has 2 aromatic rings. The van der Waals surface area contributed by atoms with Crippen molar-refractivity contribution in [2.45, 2.75) is 57.2 Å². The largest absolute Gasteiger partial charge is 0.348 e. The van der Waals surface area contributed by atoms with Crippen LogP contribution in [0.4, 0.5) is 8.78 Å². The van der Waals surface area contributed by atoms with Gasteiger partial charge in [-0.15, -0.1) is 6.58 Å².